The minimum atomic E-state index is -0.330. The number of fused-ring (bicyclic) bond motifs is 1. The van der Waals surface area contributed by atoms with Crippen molar-refractivity contribution in [3.05, 3.63) is 57.6 Å². The van der Waals surface area contributed by atoms with Crippen LogP contribution in [0.4, 0.5) is 10.5 Å². The number of halogens is 2. The van der Waals surface area contributed by atoms with Gasteiger partial charge >= 0.3 is 6.03 Å². The molecule has 8 nitrogen and oxygen atoms in total. The van der Waals surface area contributed by atoms with E-state index in [1.807, 2.05) is 44.3 Å². The molecule has 1 aliphatic heterocycles. The van der Waals surface area contributed by atoms with Gasteiger partial charge in [0.25, 0.3) is 0 Å². The fraction of sp³-hybridized carbons (Fsp3) is 0.548. The van der Waals surface area contributed by atoms with E-state index in [-0.39, 0.29) is 49.1 Å². The van der Waals surface area contributed by atoms with Crippen molar-refractivity contribution < 1.29 is 19.4 Å². The van der Waals surface area contributed by atoms with Crippen LogP contribution in [-0.4, -0.2) is 71.8 Å². The number of urea groups is 1. The number of aliphatic hydroxyl groups is 1. The summed E-state index contributed by atoms with van der Waals surface area (Å²) in [4.78, 5) is 30.1. The van der Waals surface area contributed by atoms with Gasteiger partial charge in [0.2, 0.25) is 5.91 Å². The average molecular weight is 606 g/mol. The number of nitrogens with one attached hydrogen (secondary N) is 2. The first kappa shape index (κ1) is 31.4. The van der Waals surface area contributed by atoms with Crippen LogP contribution in [0.5, 0.6) is 5.75 Å². The largest absolute Gasteiger partial charge is 0.488 e. The standard InChI is InChI=1S/C31H42Cl2N4O4/c1-20-16-37(21(2)19-38)30(39)15-23-14-25(35-31(40)34-24-7-5-4-6-8-24)10-12-28(23)41-29(20)18-36(3)17-22-9-11-26(32)27(33)13-22/h9-14,20-21,24,29,38H,4-8,15-19H2,1-3H3,(H2,34,35,40)/t20-,21+,29+/m1/s1. The normalized spacial score (nSPS) is 20.9. The van der Waals surface area contributed by atoms with Crippen molar-refractivity contribution in [3.8, 4) is 5.75 Å². The molecule has 2 aromatic carbocycles. The third kappa shape index (κ3) is 8.74. The quantitative estimate of drug-likeness (QED) is 0.358. The van der Waals surface area contributed by atoms with E-state index in [1.54, 1.807) is 11.0 Å². The number of carbonyl (C=O) groups excluding carboxylic acids is 2. The van der Waals surface area contributed by atoms with Gasteiger partial charge in [-0.2, -0.15) is 0 Å². The number of nitrogens with zero attached hydrogens (tertiary/aromatic N) is 2. The lowest BCUT2D eigenvalue weighted by molar-refractivity contribution is -0.134. The number of rotatable bonds is 8. The molecule has 0 bridgehead atoms. The topological polar surface area (TPSA) is 94.1 Å². The zero-order valence-corrected chi connectivity index (χ0v) is 25.7. The van der Waals surface area contributed by atoms with Gasteiger partial charge in [-0.3, -0.25) is 9.69 Å². The Labute approximate surface area is 253 Å². The van der Waals surface area contributed by atoms with Crippen LogP contribution in [0.3, 0.4) is 0 Å². The highest BCUT2D eigenvalue weighted by atomic mass is 35.5. The predicted molar refractivity (Wildman–Crippen MR) is 164 cm³/mol. The predicted octanol–water partition coefficient (Wildman–Crippen LogP) is 5.73. The Bertz CT molecular complexity index is 1210. The average Bonchev–Trinajstić information content (AvgIpc) is 2.98. The number of likely N-dealkylation sites (N-methyl/N-ethyl adjacent to an activating group) is 1. The van der Waals surface area contributed by atoms with Crippen molar-refractivity contribution >= 4 is 40.8 Å². The molecule has 0 aromatic heterocycles. The highest BCUT2D eigenvalue weighted by Gasteiger charge is 2.31. The van der Waals surface area contributed by atoms with Gasteiger partial charge in [-0.05, 0) is 62.7 Å². The number of amides is 3. The summed E-state index contributed by atoms with van der Waals surface area (Å²) in [5, 5.41) is 17.0. The van der Waals surface area contributed by atoms with Gasteiger partial charge < -0.3 is 25.4 Å². The molecule has 1 fully saturated rings. The second-order valence-corrected chi connectivity index (χ2v) is 12.4. The Morgan fingerprint density at radius 2 is 1.90 bits per heavy atom. The third-order valence-electron chi connectivity index (χ3n) is 8.04. The van der Waals surface area contributed by atoms with Gasteiger partial charge in [0.15, 0.2) is 0 Å². The lowest BCUT2D eigenvalue weighted by Crippen LogP contribution is -2.47. The molecule has 0 radical (unpaired) electrons. The van der Waals surface area contributed by atoms with Crippen molar-refractivity contribution in [3.63, 3.8) is 0 Å². The molecule has 10 heteroatoms. The molecule has 3 amide bonds. The number of benzene rings is 2. The SMILES string of the molecule is C[C@@H]1CN([C@@H](C)CO)C(=O)Cc2cc(NC(=O)NC3CCCCC3)ccc2O[C@H]1CN(C)Cc1ccc(Cl)c(Cl)c1. The molecule has 41 heavy (non-hydrogen) atoms. The van der Waals surface area contributed by atoms with Crippen LogP contribution in [-0.2, 0) is 17.8 Å². The Hall–Kier alpha value is -2.52. The molecule has 224 valence electrons. The first-order valence-corrected chi connectivity index (χ1v) is 15.3. The van der Waals surface area contributed by atoms with Gasteiger partial charge in [0.05, 0.1) is 29.1 Å². The number of ether oxygens (including phenoxy) is 1. The lowest BCUT2D eigenvalue weighted by atomic mass is 9.96. The van der Waals surface area contributed by atoms with Gasteiger partial charge in [0, 0.05) is 42.8 Å². The number of hydrogen-bond donors (Lipinski definition) is 3. The number of carbonyl (C=O) groups is 2. The molecule has 1 aliphatic carbocycles. The van der Waals surface area contributed by atoms with E-state index in [9.17, 15) is 14.7 Å². The van der Waals surface area contributed by atoms with E-state index in [0.717, 1.165) is 31.2 Å². The minimum absolute atomic E-state index is 0.0192. The Kier molecular flexibility index (Phi) is 11.2. The van der Waals surface area contributed by atoms with Gasteiger partial charge in [-0.25, -0.2) is 4.79 Å². The zero-order valence-electron chi connectivity index (χ0n) is 24.2. The van der Waals surface area contributed by atoms with E-state index >= 15 is 0 Å². The molecule has 2 aromatic rings. The number of aliphatic hydroxyl groups excluding tert-OH is 1. The fourth-order valence-corrected chi connectivity index (χ4v) is 5.97. The second-order valence-electron chi connectivity index (χ2n) is 11.6. The van der Waals surface area contributed by atoms with Crippen molar-refractivity contribution in [1.29, 1.82) is 0 Å². The molecule has 4 rings (SSSR count). The smallest absolute Gasteiger partial charge is 0.319 e. The summed E-state index contributed by atoms with van der Waals surface area (Å²) in [6.07, 6.45) is 5.35. The maximum absolute atomic E-state index is 13.5. The number of anilines is 1. The second kappa shape index (κ2) is 14.6. The maximum atomic E-state index is 13.5. The van der Waals surface area contributed by atoms with Crippen molar-refractivity contribution in [2.24, 2.45) is 5.92 Å². The summed E-state index contributed by atoms with van der Waals surface area (Å²) in [6, 6.07) is 10.7. The summed E-state index contributed by atoms with van der Waals surface area (Å²) in [5.74, 6) is 0.515. The summed E-state index contributed by atoms with van der Waals surface area (Å²) >= 11 is 12.3. The van der Waals surface area contributed by atoms with E-state index in [1.165, 1.54) is 6.42 Å². The summed E-state index contributed by atoms with van der Waals surface area (Å²) in [7, 11) is 2.02. The lowest BCUT2D eigenvalue weighted by Gasteiger charge is -2.34. The van der Waals surface area contributed by atoms with E-state index in [0.29, 0.717) is 46.7 Å². The number of hydrogen-bond acceptors (Lipinski definition) is 5. The van der Waals surface area contributed by atoms with Gasteiger partial charge in [-0.15, -0.1) is 0 Å². The molecule has 0 unspecified atom stereocenters. The highest BCUT2D eigenvalue weighted by Crippen LogP contribution is 2.30. The molecular weight excluding hydrogens is 563 g/mol. The summed E-state index contributed by atoms with van der Waals surface area (Å²) < 4.78 is 6.61. The molecule has 3 atom stereocenters. The fourth-order valence-electron chi connectivity index (χ4n) is 5.65. The Morgan fingerprint density at radius 1 is 1.15 bits per heavy atom. The van der Waals surface area contributed by atoms with Crippen molar-refractivity contribution in [2.45, 2.75) is 77.1 Å². The minimum Gasteiger partial charge on any atom is -0.488 e. The van der Waals surface area contributed by atoms with Crippen molar-refractivity contribution in [2.75, 3.05) is 32.1 Å². The molecule has 1 saturated carbocycles. The van der Waals surface area contributed by atoms with E-state index in [2.05, 4.69) is 22.5 Å². The Balaban J connectivity index is 1.54. The van der Waals surface area contributed by atoms with Crippen LogP contribution >= 0.6 is 23.2 Å². The van der Waals surface area contributed by atoms with E-state index in [4.69, 9.17) is 27.9 Å². The molecule has 3 N–H and O–H groups in total. The molecular formula is C31H42Cl2N4O4. The monoisotopic (exact) mass is 604 g/mol. The zero-order chi connectivity index (χ0) is 29.5. The first-order chi connectivity index (χ1) is 19.6. The molecule has 0 saturated heterocycles. The molecule has 2 aliphatic rings. The first-order valence-electron chi connectivity index (χ1n) is 14.5. The third-order valence-corrected chi connectivity index (χ3v) is 8.78. The van der Waals surface area contributed by atoms with E-state index < -0.39 is 0 Å². The van der Waals surface area contributed by atoms with Crippen LogP contribution in [0, 0.1) is 5.92 Å². The van der Waals surface area contributed by atoms with Gasteiger partial charge in [-0.1, -0.05) is 55.5 Å². The van der Waals surface area contributed by atoms with Crippen LogP contribution < -0.4 is 15.4 Å². The molecule has 0 spiro atoms. The Morgan fingerprint density at radius 3 is 2.61 bits per heavy atom. The summed E-state index contributed by atoms with van der Waals surface area (Å²) in [5.41, 5.74) is 2.34. The maximum Gasteiger partial charge on any atom is 0.319 e. The van der Waals surface area contributed by atoms with Crippen LogP contribution in [0.2, 0.25) is 10.0 Å². The van der Waals surface area contributed by atoms with Crippen LogP contribution in [0.1, 0.15) is 57.1 Å². The van der Waals surface area contributed by atoms with Gasteiger partial charge in [0.1, 0.15) is 11.9 Å². The molecule has 1 heterocycles. The van der Waals surface area contributed by atoms with Crippen LogP contribution in [0.25, 0.3) is 0 Å². The highest BCUT2D eigenvalue weighted by molar-refractivity contribution is 6.42. The summed E-state index contributed by atoms with van der Waals surface area (Å²) in [6.45, 7) is 5.48. The van der Waals surface area contributed by atoms with Crippen LogP contribution in [0.15, 0.2) is 36.4 Å². The van der Waals surface area contributed by atoms with Crippen molar-refractivity contribution in [1.82, 2.24) is 15.1 Å².